The van der Waals surface area contributed by atoms with Gasteiger partial charge in [0, 0.05) is 11.6 Å². The van der Waals surface area contributed by atoms with Crippen LogP contribution in [-0.2, 0) is 5.88 Å². The predicted molar refractivity (Wildman–Crippen MR) is 73.9 cm³/mol. The van der Waals surface area contributed by atoms with Gasteiger partial charge in [0.05, 0.1) is 10.8 Å². The van der Waals surface area contributed by atoms with Crippen LogP contribution in [0.1, 0.15) is 11.1 Å². The van der Waals surface area contributed by atoms with Gasteiger partial charge < -0.3 is 4.74 Å². The molecule has 4 nitrogen and oxygen atoms in total. The summed E-state index contributed by atoms with van der Waals surface area (Å²) in [6.45, 7) is 1.80. The zero-order valence-corrected chi connectivity index (χ0v) is 11.4. The molecule has 0 unspecified atom stereocenters. The topological polar surface area (TPSA) is 52.4 Å². The summed E-state index contributed by atoms with van der Waals surface area (Å²) >= 11 is 5.72. The second kappa shape index (κ2) is 5.88. The first-order valence-electron chi connectivity index (χ1n) is 5.78. The van der Waals surface area contributed by atoms with E-state index in [1.807, 2.05) is 0 Å². The predicted octanol–water partition coefficient (Wildman–Crippen LogP) is 4.57. The molecule has 20 heavy (non-hydrogen) atoms. The molecule has 0 aliphatic carbocycles. The molecule has 0 spiro atoms. The van der Waals surface area contributed by atoms with Gasteiger partial charge in [-0.2, -0.15) is 0 Å². The van der Waals surface area contributed by atoms with Gasteiger partial charge in [-0.1, -0.05) is 6.07 Å². The molecule has 0 saturated heterocycles. The van der Waals surface area contributed by atoms with E-state index in [1.54, 1.807) is 19.1 Å². The van der Waals surface area contributed by atoms with Gasteiger partial charge >= 0.3 is 5.69 Å². The molecular formula is C14H11ClFNO3. The summed E-state index contributed by atoms with van der Waals surface area (Å²) < 4.78 is 18.7. The van der Waals surface area contributed by atoms with Crippen molar-refractivity contribution >= 4 is 17.3 Å². The molecular weight excluding hydrogens is 285 g/mol. The number of hydrogen-bond donors (Lipinski definition) is 0. The van der Waals surface area contributed by atoms with Crippen LogP contribution in [0.4, 0.5) is 10.1 Å². The van der Waals surface area contributed by atoms with Crippen molar-refractivity contribution in [1.82, 2.24) is 0 Å². The number of nitro benzene ring substituents is 1. The van der Waals surface area contributed by atoms with E-state index in [-0.39, 0.29) is 17.3 Å². The molecule has 2 aromatic carbocycles. The van der Waals surface area contributed by atoms with E-state index in [0.717, 1.165) is 5.56 Å². The number of rotatable bonds is 4. The lowest BCUT2D eigenvalue weighted by Crippen LogP contribution is -1.96. The van der Waals surface area contributed by atoms with Crippen LogP contribution in [-0.4, -0.2) is 4.92 Å². The normalized spacial score (nSPS) is 10.3. The zero-order valence-electron chi connectivity index (χ0n) is 10.6. The Labute approximate surface area is 119 Å². The highest BCUT2D eigenvalue weighted by molar-refractivity contribution is 6.17. The molecule has 0 saturated carbocycles. The molecule has 0 aliphatic heterocycles. The van der Waals surface area contributed by atoms with Crippen LogP contribution >= 0.6 is 11.6 Å². The first kappa shape index (κ1) is 14.3. The Balaban J connectivity index is 2.44. The third kappa shape index (κ3) is 3.05. The Morgan fingerprint density at radius 1 is 1.25 bits per heavy atom. The number of nitrogens with zero attached hydrogens (tertiary/aromatic N) is 1. The average Bonchev–Trinajstić information content (AvgIpc) is 2.40. The van der Waals surface area contributed by atoms with Gasteiger partial charge in [-0.05, 0) is 36.8 Å². The molecule has 2 rings (SSSR count). The summed E-state index contributed by atoms with van der Waals surface area (Å²) in [4.78, 5) is 10.4. The molecule has 0 N–H and O–H groups in total. The summed E-state index contributed by atoms with van der Waals surface area (Å²) in [5.74, 6) is 0.0157. The van der Waals surface area contributed by atoms with Crippen LogP contribution in [0.15, 0.2) is 36.4 Å². The maximum absolute atomic E-state index is 13.1. The van der Waals surface area contributed by atoms with Gasteiger partial charge in [0.1, 0.15) is 11.6 Å². The monoisotopic (exact) mass is 295 g/mol. The summed E-state index contributed by atoms with van der Waals surface area (Å²) in [5, 5.41) is 11.0. The number of ether oxygens (including phenoxy) is 1. The summed E-state index contributed by atoms with van der Waals surface area (Å²) in [6, 6.07) is 8.41. The van der Waals surface area contributed by atoms with E-state index in [2.05, 4.69) is 0 Å². The van der Waals surface area contributed by atoms with Crippen molar-refractivity contribution in [3.8, 4) is 11.5 Å². The van der Waals surface area contributed by atoms with E-state index >= 15 is 0 Å². The van der Waals surface area contributed by atoms with Gasteiger partial charge in [0.15, 0.2) is 0 Å². The van der Waals surface area contributed by atoms with Gasteiger partial charge in [-0.15, -0.1) is 11.6 Å². The van der Waals surface area contributed by atoms with Crippen molar-refractivity contribution < 1.29 is 14.1 Å². The molecule has 0 aliphatic rings. The van der Waals surface area contributed by atoms with Crippen molar-refractivity contribution in [3.63, 3.8) is 0 Å². The number of benzene rings is 2. The Hall–Kier alpha value is -2.14. The minimum absolute atomic E-state index is 0.0483. The fourth-order valence-electron chi connectivity index (χ4n) is 1.72. The number of halogens is 2. The number of nitro groups is 1. The molecule has 0 aromatic heterocycles. The lowest BCUT2D eigenvalue weighted by molar-refractivity contribution is -0.385. The Morgan fingerprint density at radius 2 is 2.00 bits per heavy atom. The molecule has 0 fully saturated rings. The van der Waals surface area contributed by atoms with Gasteiger partial charge in [0.25, 0.3) is 0 Å². The Morgan fingerprint density at radius 3 is 2.65 bits per heavy atom. The first-order chi connectivity index (χ1) is 9.51. The largest absolute Gasteiger partial charge is 0.450 e. The van der Waals surface area contributed by atoms with E-state index < -0.39 is 10.7 Å². The Bertz CT molecular complexity index is 661. The first-order valence-corrected chi connectivity index (χ1v) is 6.32. The molecule has 0 atom stereocenters. The van der Waals surface area contributed by atoms with E-state index in [4.69, 9.17) is 16.3 Å². The maximum Gasteiger partial charge on any atom is 0.311 e. The van der Waals surface area contributed by atoms with Crippen LogP contribution in [0.3, 0.4) is 0 Å². The summed E-state index contributed by atoms with van der Waals surface area (Å²) in [5.41, 5.74) is 1.10. The van der Waals surface area contributed by atoms with E-state index in [0.29, 0.717) is 11.3 Å². The second-order valence-corrected chi connectivity index (χ2v) is 4.48. The molecule has 104 valence electrons. The van der Waals surface area contributed by atoms with Crippen LogP contribution < -0.4 is 4.74 Å². The van der Waals surface area contributed by atoms with Gasteiger partial charge in [-0.3, -0.25) is 10.1 Å². The van der Waals surface area contributed by atoms with Crippen LogP contribution in [0.2, 0.25) is 0 Å². The second-order valence-electron chi connectivity index (χ2n) is 4.22. The number of alkyl halides is 1. The molecule has 0 amide bonds. The minimum atomic E-state index is -0.529. The summed E-state index contributed by atoms with van der Waals surface area (Å²) in [6.07, 6.45) is 0. The fraction of sp³-hybridized carbons (Fsp3) is 0.143. The quantitative estimate of drug-likeness (QED) is 0.471. The third-order valence-corrected chi connectivity index (χ3v) is 2.99. The fourth-order valence-corrected chi connectivity index (χ4v) is 1.93. The van der Waals surface area contributed by atoms with Crippen molar-refractivity contribution in [2.24, 2.45) is 0 Å². The highest BCUT2D eigenvalue weighted by Crippen LogP contribution is 2.34. The van der Waals surface area contributed by atoms with E-state index in [9.17, 15) is 14.5 Å². The highest BCUT2D eigenvalue weighted by atomic mass is 35.5. The number of aryl methyl sites for hydroxylation is 1. The van der Waals surface area contributed by atoms with Crippen molar-refractivity contribution in [2.45, 2.75) is 12.8 Å². The van der Waals surface area contributed by atoms with Crippen LogP contribution in [0.5, 0.6) is 11.5 Å². The zero-order chi connectivity index (χ0) is 14.7. The minimum Gasteiger partial charge on any atom is -0.450 e. The van der Waals surface area contributed by atoms with Gasteiger partial charge in [-0.25, -0.2) is 4.39 Å². The molecule has 6 heteroatoms. The smallest absolute Gasteiger partial charge is 0.311 e. The lowest BCUT2D eigenvalue weighted by Gasteiger charge is -2.10. The highest BCUT2D eigenvalue weighted by Gasteiger charge is 2.17. The third-order valence-electron chi connectivity index (χ3n) is 2.70. The molecule has 0 bridgehead atoms. The SMILES string of the molecule is Cc1ccc([N+](=O)[O-])c(Oc2ccc(F)cc2CCl)c1. The summed E-state index contributed by atoms with van der Waals surface area (Å²) in [7, 11) is 0. The van der Waals surface area contributed by atoms with Crippen LogP contribution in [0.25, 0.3) is 0 Å². The van der Waals surface area contributed by atoms with E-state index in [1.165, 1.54) is 24.3 Å². The molecule has 2 aromatic rings. The Kier molecular flexibility index (Phi) is 4.20. The van der Waals surface area contributed by atoms with Crippen LogP contribution in [0, 0.1) is 22.9 Å². The standard InChI is InChI=1S/C14H11ClFNO3/c1-9-2-4-12(17(18)19)14(6-9)20-13-5-3-11(16)7-10(13)8-15/h2-7H,8H2,1H3. The molecule has 0 heterocycles. The number of hydrogen-bond acceptors (Lipinski definition) is 3. The lowest BCUT2D eigenvalue weighted by atomic mass is 10.2. The van der Waals surface area contributed by atoms with Crippen molar-refractivity contribution in [3.05, 3.63) is 63.5 Å². The maximum atomic E-state index is 13.1. The van der Waals surface area contributed by atoms with Gasteiger partial charge in [0.2, 0.25) is 5.75 Å². The average molecular weight is 296 g/mol. The van der Waals surface area contributed by atoms with Crippen molar-refractivity contribution in [2.75, 3.05) is 0 Å². The molecule has 0 radical (unpaired) electrons. The van der Waals surface area contributed by atoms with Crippen molar-refractivity contribution in [1.29, 1.82) is 0 Å².